The van der Waals surface area contributed by atoms with Crippen molar-refractivity contribution < 1.29 is 42.1 Å². The van der Waals surface area contributed by atoms with Crippen LogP contribution in [0.15, 0.2) is 97.2 Å². The van der Waals surface area contributed by atoms with Crippen LogP contribution in [0.2, 0.25) is 0 Å². The van der Waals surface area contributed by atoms with E-state index in [0.29, 0.717) is 17.4 Å². The van der Waals surface area contributed by atoms with E-state index in [1.807, 2.05) is 21.1 Å². The molecule has 0 radical (unpaired) electrons. The van der Waals surface area contributed by atoms with Crippen LogP contribution in [0.5, 0.6) is 0 Å². The topological polar surface area (TPSA) is 111 Å². The average Bonchev–Trinajstić information content (AvgIpc) is 3.68. The minimum absolute atomic E-state index is 0.0317. The predicted octanol–water partition coefficient (Wildman–Crippen LogP) is 23.6. The highest BCUT2D eigenvalue weighted by Crippen LogP contribution is 2.38. The Morgan fingerprint density at radius 3 is 0.966 bits per heavy atom. The number of ether oxygens (including phenoxy) is 2. The lowest BCUT2D eigenvalue weighted by atomic mass is 10.0. The number of rotatable bonds is 68. The molecule has 0 aliphatic heterocycles. The third kappa shape index (κ3) is 72.0. The van der Waals surface area contributed by atoms with Crippen LogP contribution in [0.3, 0.4) is 0 Å². The van der Waals surface area contributed by atoms with Crippen molar-refractivity contribution in [2.75, 3.05) is 47.5 Å². The largest absolute Gasteiger partial charge is 0.756 e. The van der Waals surface area contributed by atoms with Gasteiger partial charge in [-0.15, -0.1) is 0 Å². The zero-order chi connectivity index (χ0) is 64.1. The van der Waals surface area contributed by atoms with Crippen molar-refractivity contribution in [2.45, 2.75) is 341 Å². The van der Waals surface area contributed by atoms with E-state index in [9.17, 15) is 19.0 Å². The summed E-state index contributed by atoms with van der Waals surface area (Å²) in [5.74, 6) is -0.821. The zero-order valence-corrected chi connectivity index (χ0v) is 59.1. The van der Waals surface area contributed by atoms with Gasteiger partial charge in [-0.3, -0.25) is 14.2 Å². The smallest absolute Gasteiger partial charge is 0.306 e. The van der Waals surface area contributed by atoms with Crippen molar-refractivity contribution in [2.24, 2.45) is 0 Å². The van der Waals surface area contributed by atoms with Gasteiger partial charge in [0.2, 0.25) is 0 Å². The number of esters is 2. The first-order valence-corrected chi connectivity index (χ1v) is 38.4. The summed E-state index contributed by atoms with van der Waals surface area (Å²) in [6.45, 7) is 4.16. The van der Waals surface area contributed by atoms with E-state index in [1.165, 1.54) is 218 Å². The lowest BCUT2D eigenvalue weighted by Crippen LogP contribution is -2.37. The normalized spacial score (nSPS) is 13.7. The molecule has 9 nitrogen and oxygen atoms in total. The SMILES string of the molecule is CC/C=C\C/C=C\C/C=C\C/C=C\C/C=C\C/C=C\CCCCCCCCCCCCCCCCCCCCC(=O)OC(COC(=O)CCCCCCCCCCCCCCCCC/C=C\C/C=C\CCCCCCC)COP(=O)([O-])OCC[N+](C)(C)C. The summed E-state index contributed by atoms with van der Waals surface area (Å²) in [5, 5.41) is 0. The fraction of sp³-hybridized carbons (Fsp3) is 0.769. The second kappa shape index (κ2) is 68.3. The summed E-state index contributed by atoms with van der Waals surface area (Å²) < 4.78 is 34.4. The van der Waals surface area contributed by atoms with E-state index in [0.717, 1.165) is 83.5 Å². The molecule has 0 aliphatic rings. The van der Waals surface area contributed by atoms with Crippen molar-refractivity contribution in [3.05, 3.63) is 97.2 Å². The second-order valence-electron chi connectivity index (χ2n) is 25.9. The second-order valence-corrected chi connectivity index (χ2v) is 27.3. The van der Waals surface area contributed by atoms with Gasteiger partial charge in [-0.25, -0.2) is 0 Å². The van der Waals surface area contributed by atoms with Gasteiger partial charge in [-0.2, -0.15) is 0 Å². The highest BCUT2D eigenvalue weighted by atomic mass is 31.2. The van der Waals surface area contributed by atoms with Crippen molar-refractivity contribution in [1.29, 1.82) is 0 Å². The number of unbranched alkanes of at least 4 members (excludes halogenated alkanes) is 38. The third-order valence-corrected chi connectivity index (χ3v) is 17.1. The number of nitrogens with zero attached hydrogens (tertiary/aromatic N) is 1. The van der Waals surface area contributed by atoms with Gasteiger partial charge in [0.15, 0.2) is 6.10 Å². The molecular formula is C78H140NO8P. The summed E-state index contributed by atoms with van der Waals surface area (Å²) in [5.41, 5.74) is 0. The standard InChI is InChI=1S/C78H140NO8P/c1-6-8-10-12-14-16-18-20-22-24-26-28-30-32-34-35-36-37-38-39-40-41-42-43-45-47-49-51-53-55-57-59-61-63-65-67-69-71-78(81)87-76(75-86-88(82,83)85-73-72-79(3,4)5)74-84-77(80)70-68-66-64-62-60-58-56-54-52-50-48-46-44-33-31-29-27-25-23-21-19-17-15-13-11-9-7-2/h8,10,14,16,19-22,25-28,32,34,36-37,76H,6-7,9,11-13,15,17-18,23-24,29-31,33,35,38-75H2,1-5H3/b10-8-,16-14-,21-19-,22-20-,27-25-,28-26-,34-32-,37-36-. The summed E-state index contributed by atoms with van der Waals surface area (Å²) >= 11 is 0. The molecule has 10 heteroatoms. The number of hydrogen-bond acceptors (Lipinski definition) is 8. The first-order chi connectivity index (χ1) is 43.0. The number of phosphoric acid groups is 1. The number of hydrogen-bond donors (Lipinski definition) is 0. The fourth-order valence-electron chi connectivity index (χ4n) is 10.5. The first kappa shape index (κ1) is 84.9. The van der Waals surface area contributed by atoms with E-state index >= 15 is 0 Å². The molecule has 0 amide bonds. The number of quaternary nitrogens is 1. The van der Waals surface area contributed by atoms with Crippen LogP contribution in [0, 0.1) is 0 Å². The number of allylic oxidation sites excluding steroid dienone is 16. The van der Waals surface area contributed by atoms with Crippen LogP contribution in [0.1, 0.15) is 335 Å². The van der Waals surface area contributed by atoms with Crippen molar-refractivity contribution >= 4 is 19.8 Å². The predicted molar refractivity (Wildman–Crippen MR) is 379 cm³/mol. The Morgan fingerprint density at radius 2 is 0.648 bits per heavy atom. The number of carbonyl (C=O) groups is 2. The van der Waals surface area contributed by atoms with Crippen LogP contribution in [-0.2, 0) is 32.7 Å². The molecule has 2 unspecified atom stereocenters. The number of likely N-dealkylation sites (N-methyl/N-ethyl adjacent to an activating group) is 1. The highest BCUT2D eigenvalue weighted by molar-refractivity contribution is 7.45. The van der Waals surface area contributed by atoms with E-state index in [1.54, 1.807) is 0 Å². The number of phosphoric ester groups is 1. The van der Waals surface area contributed by atoms with Crippen LogP contribution in [-0.4, -0.2) is 70.0 Å². The minimum Gasteiger partial charge on any atom is -0.756 e. The molecule has 0 N–H and O–H groups in total. The van der Waals surface area contributed by atoms with Crippen molar-refractivity contribution in [3.63, 3.8) is 0 Å². The third-order valence-electron chi connectivity index (χ3n) is 16.1. The van der Waals surface area contributed by atoms with Gasteiger partial charge in [0.1, 0.15) is 19.8 Å². The molecule has 0 aliphatic carbocycles. The molecule has 0 heterocycles. The van der Waals surface area contributed by atoms with E-state index in [2.05, 4.69) is 111 Å². The molecule has 88 heavy (non-hydrogen) atoms. The molecule has 2 atom stereocenters. The van der Waals surface area contributed by atoms with Crippen molar-refractivity contribution in [3.8, 4) is 0 Å². The highest BCUT2D eigenvalue weighted by Gasteiger charge is 2.22. The molecule has 0 aromatic heterocycles. The molecule has 0 saturated heterocycles. The fourth-order valence-corrected chi connectivity index (χ4v) is 11.2. The van der Waals surface area contributed by atoms with Gasteiger partial charge in [0, 0.05) is 12.8 Å². The molecule has 0 fully saturated rings. The van der Waals surface area contributed by atoms with Crippen LogP contribution in [0.25, 0.3) is 0 Å². The zero-order valence-electron chi connectivity index (χ0n) is 58.2. The van der Waals surface area contributed by atoms with E-state index in [-0.39, 0.29) is 32.0 Å². The Bertz CT molecular complexity index is 1810. The Kier molecular flexibility index (Phi) is 65.9. The van der Waals surface area contributed by atoms with Gasteiger partial charge >= 0.3 is 11.9 Å². The Morgan fingerprint density at radius 1 is 0.364 bits per heavy atom. The van der Waals surface area contributed by atoms with E-state index < -0.39 is 26.5 Å². The quantitative estimate of drug-likeness (QED) is 0.0195. The molecule has 0 saturated carbocycles. The molecule has 0 rings (SSSR count). The lowest BCUT2D eigenvalue weighted by molar-refractivity contribution is -0.870. The van der Waals surface area contributed by atoms with Gasteiger partial charge in [0.05, 0.1) is 27.7 Å². The maximum atomic E-state index is 12.9. The van der Waals surface area contributed by atoms with Crippen LogP contribution in [0.4, 0.5) is 0 Å². The van der Waals surface area contributed by atoms with Gasteiger partial charge < -0.3 is 27.9 Å². The maximum absolute atomic E-state index is 12.9. The Labute approximate surface area is 544 Å². The molecule has 510 valence electrons. The summed E-state index contributed by atoms with van der Waals surface area (Å²) in [6, 6.07) is 0. The van der Waals surface area contributed by atoms with Crippen LogP contribution < -0.4 is 4.89 Å². The molecule has 0 aromatic rings. The van der Waals surface area contributed by atoms with Gasteiger partial charge in [-0.1, -0.05) is 323 Å². The van der Waals surface area contributed by atoms with Gasteiger partial charge in [0.25, 0.3) is 7.82 Å². The monoisotopic (exact) mass is 1250 g/mol. The summed E-state index contributed by atoms with van der Waals surface area (Å²) in [4.78, 5) is 38.1. The van der Waals surface area contributed by atoms with Crippen LogP contribution >= 0.6 is 7.82 Å². The average molecular weight is 1250 g/mol. The molecule has 0 bridgehead atoms. The van der Waals surface area contributed by atoms with E-state index in [4.69, 9.17) is 18.5 Å². The molecule has 0 spiro atoms. The van der Waals surface area contributed by atoms with Gasteiger partial charge in [-0.05, 0) is 96.3 Å². The summed E-state index contributed by atoms with van der Waals surface area (Å²) in [6.07, 6.45) is 95.0. The molecule has 0 aromatic carbocycles. The summed E-state index contributed by atoms with van der Waals surface area (Å²) in [7, 11) is 1.17. The first-order valence-electron chi connectivity index (χ1n) is 36.9. The lowest BCUT2D eigenvalue weighted by Gasteiger charge is -2.28. The number of carbonyl (C=O) groups excluding carboxylic acids is 2. The Balaban J connectivity index is 3.99. The maximum Gasteiger partial charge on any atom is 0.306 e. The minimum atomic E-state index is -4.65. The Hall–Kier alpha value is -3.07. The van der Waals surface area contributed by atoms with Crippen molar-refractivity contribution in [1.82, 2.24) is 0 Å². The molecular weight excluding hydrogens is 1110 g/mol.